The van der Waals surface area contributed by atoms with Gasteiger partial charge in [-0.1, -0.05) is 37.8 Å². The van der Waals surface area contributed by atoms with Gasteiger partial charge in [0.15, 0.2) is 0 Å². The zero-order valence-electron chi connectivity index (χ0n) is 12.1. The molecule has 0 aliphatic carbocycles. The number of aromatic nitrogens is 1. The SMILES string of the molecule is C[Si](C)(C)CCOc1ccn2c1-c1ccccc1C2=O. The lowest BCUT2D eigenvalue weighted by molar-refractivity contribution is 0.0969. The van der Waals surface area contributed by atoms with Gasteiger partial charge in [0, 0.05) is 25.4 Å². The topological polar surface area (TPSA) is 31.2 Å². The summed E-state index contributed by atoms with van der Waals surface area (Å²) in [6, 6.07) is 10.7. The van der Waals surface area contributed by atoms with Crippen LogP contribution in [-0.2, 0) is 0 Å². The fraction of sp³-hybridized carbons (Fsp3) is 0.312. The van der Waals surface area contributed by atoms with Crippen LogP contribution in [0.4, 0.5) is 0 Å². The van der Waals surface area contributed by atoms with E-state index in [1.807, 2.05) is 36.5 Å². The molecule has 0 saturated heterocycles. The number of benzene rings is 1. The highest BCUT2D eigenvalue weighted by Crippen LogP contribution is 2.39. The molecule has 104 valence electrons. The summed E-state index contributed by atoms with van der Waals surface area (Å²) >= 11 is 0. The van der Waals surface area contributed by atoms with Crippen LogP contribution >= 0.6 is 0 Å². The molecule has 2 heterocycles. The first-order valence-corrected chi connectivity index (χ1v) is 10.7. The smallest absolute Gasteiger partial charge is 0.263 e. The number of fused-ring (bicyclic) bond motifs is 3. The van der Waals surface area contributed by atoms with Crippen molar-refractivity contribution in [2.24, 2.45) is 0 Å². The molecule has 0 saturated carbocycles. The third-order valence-corrected chi connectivity index (χ3v) is 5.29. The molecule has 0 spiro atoms. The first kappa shape index (κ1) is 13.2. The van der Waals surface area contributed by atoms with Crippen LogP contribution in [0.15, 0.2) is 36.5 Å². The monoisotopic (exact) mass is 285 g/mol. The summed E-state index contributed by atoms with van der Waals surface area (Å²) in [5.41, 5.74) is 2.64. The maximum absolute atomic E-state index is 12.2. The van der Waals surface area contributed by atoms with E-state index >= 15 is 0 Å². The molecule has 4 heteroatoms. The third kappa shape index (κ3) is 2.20. The second kappa shape index (κ2) is 4.63. The lowest BCUT2D eigenvalue weighted by atomic mass is 10.1. The van der Waals surface area contributed by atoms with Crippen molar-refractivity contribution < 1.29 is 9.53 Å². The van der Waals surface area contributed by atoms with Gasteiger partial charge in [-0.05, 0) is 18.2 Å². The van der Waals surface area contributed by atoms with Gasteiger partial charge in [0.2, 0.25) is 0 Å². The minimum absolute atomic E-state index is 0.0376. The molecule has 20 heavy (non-hydrogen) atoms. The van der Waals surface area contributed by atoms with E-state index in [0.29, 0.717) is 0 Å². The van der Waals surface area contributed by atoms with Gasteiger partial charge in [-0.2, -0.15) is 0 Å². The zero-order chi connectivity index (χ0) is 14.3. The quantitative estimate of drug-likeness (QED) is 0.681. The summed E-state index contributed by atoms with van der Waals surface area (Å²) < 4.78 is 7.62. The van der Waals surface area contributed by atoms with Crippen LogP contribution in [-0.4, -0.2) is 25.2 Å². The molecular formula is C16H19NO2Si. The van der Waals surface area contributed by atoms with Crippen molar-refractivity contribution in [3.63, 3.8) is 0 Å². The number of rotatable bonds is 4. The van der Waals surface area contributed by atoms with E-state index in [-0.39, 0.29) is 5.91 Å². The lowest BCUT2D eigenvalue weighted by Crippen LogP contribution is -2.22. The summed E-state index contributed by atoms with van der Waals surface area (Å²) in [6.07, 6.45) is 1.81. The molecule has 0 amide bonds. The van der Waals surface area contributed by atoms with Gasteiger partial charge >= 0.3 is 0 Å². The van der Waals surface area contributed by atoms with Crippen molar-refractivity contribution in [1.82, 2.24) is 4.57 Å². The first-order valence-electron chi connectivity index (χ1n) is 6.96. The molecule has 0 fully saturated rings. The van der Waals surface area contributed by atoms with Gasteiger partial charge < -0.3 is 4.74 Å². The number of hydrogen-bond acceptors (Lipinski definition) is 2. The highest BCUT2D eigenvalue weighted by molar-refractivity contribution is 6.76. The molecule has 0 N–H and O–H groups in total. The van der Waals surface area contributed by atoms with Gasteiger partial charge in [-0.3, -0.25) is 9.36 Å². The predicted molar refractivity (Wildman–Crippen MR) is 83.2 cm³/mol. The second-order valence-electron chi connectivity index (χ2n) is 6.41. The van der Waals surface area contributed by atoms with E-state index in [4.69, 9.17) is 4.74 Å². The Morgan fingerprint density at radius 1 is 1.10 bits per heavy atom. The molecule has 1 aromatic heterocycles. The van der Waals surface area contributed by atoms with Crippen LogP contribution < -0.4 is 4.74 Å². The van der Waals surface area contributed by atoms with Gasteiger partial charge in [-0.25, -0.2) is 0 Å². The van der Waals surface area contributed by atoms with E-state index in [1.54, 1.807) is 4.57 Å². The molecule has 0 atom stereocenters. The molecule has 3 nitrogen and oxygen atoms in total. The van der Waals surface area contributed by atoms with E-state index < -0.39 is 8.07 Å². The minimum Gasteiger partial charge on any atom is -0.492 e. The molecular weight excluding hydrogens is 266 g/mol. The van der Waals surface area contributed by atoms with E-state index in [1.165, 1.54) is 0 Å². The highest BCUT2D eigenvalue weighted by atomic mass is 28.3. The van der Waals surface area contributed by atoms with Crippen LogP contribution in [0.25, 0.3) is 11.3 Å². The van der Waals surface area contributed by atoms with Gasteiger partial charge in [0.25, 0.3) is 5.91 Å². The van der Waals surface area contributed by atoms with Crippen molar-refractivity contribution in [3.05, 3.63) is 42.1 Å². The Morgan fingerprint density at radius 3 is 2.50 bits per heavy atom. The Kier molecular flexibility index (Phi) is 3.05. The van der Waals surface area contributed by atoms with E-state index in [2.05, 4.69) is 19.6 Å². The van der Waals surface area contributed by atoms with Gasteiger partial charge in [-0.15, -0.1) is 0 Å². The molecule has 3 rings (SSSR count). The van der Waals surface area contributed by atoms with Crippen LogP contribution in [0.2, 0.25) is 25.7 Å². The minimum atomic E-state index is -1.10. The average Bonchev–Trinajstić information content (AvgIpc) is 2.91. The molecule has 2 aromatic rings. The zero-order valence-corrected chi connectivity index (χ0v) is 13.1. The molecule has 1 aliphatic heterocycles. The number of nitrogens with zero attached hydrogens (tertiary/aromatic N) is 1. The largest absolute Gasteiger partial charge is 0.492 e. The van der Waals surface area contributed by atoms with Gasteiger partial charge in [0.05, 0.1) is 12.3 Å². The summed E-state index contributed by atoms with van der Waals surface area (Å²) in [5, 5.41) is 0. The Balaban J connectivity index is 1.88. The van der Waals surface area contributed by atoms with Crippen molar-refractivity contribution in [3.8, 4) is 17.0 Å². The van der Waals surface area contributed by atoms with Crippen LogP contribution in [0, 0.1) is 0 Å². The molecule has 1 aromatic carbocycles. The highest BCUT2D eigenvalue weighted by Gasteiger charge is 2.29. The van der Waals surface area contributed by atoms with E-state index in [9.17, 15) is 4.79 Å². The molecule has 1 aliphatic rings. The molecule has 0 bridgehead atoms. The predicted octanol–water partition coefficient (Wildman–Crippen LogP) is 3.87. The van der Waals surface area contributed by atoms with E-state index in [0.717, 1.165) is 35.2 Å². The Hall–Kier alpha value is -1.81. The summed E-state index contributed by atoms with van der Waals surface area (Å²) in [4.78, 5) is 12.2. The molecule has 0 radical (unpaired) electrons. The third-order valence-electron chi connectivity index (χ3n) is 3.59. The van der Waals surface area contributed by atoms with Crippen molar-refractivity contribution in [1.29, 1.82) is 0 Å². The first-order chi connectivity index (χ1) is 9.47. The lowest BCUT2D eigenvalue weighted by Gasteiger charge is -2.16. The summed E-state index contributed by atoms with van der Waals surface area (Å²) in [5.74, 6) is 0.859. The Bertz CT molecular complexity index is 667. The fourth-order valence-electron chi connectivity index (χ4n) is 2.44. The number of carbonyl (C=O) groups is 1. The van der Waals surface area contributed by atoms with Gasteiger partial charge in [0.1, 0.15) is 5.75 Å². The van der Waals surface area contributed by atoms with Crippen molar-refractivity contribution >= 4 is 14.0 Å². The van der Waals surface area contributed by atoms with Crippen molar-refractivity contribution in [2.75, 3.05) is 6.61 Å². The number of hydrogen-bond donors (Lipinski definition) is 0. The molecule has 0 unspecified atom stereocenters. The van der Waals surface area contributed by atoms with Crippen molar-refractivity contribution in [2.45, 2.75) is 25.7 Å². The van der Waals surface area contributed by atoms with Crippen LogP contribution in [0.1, 0.15) is 10.4 Å². The second-order valence-corrected chi connectivity index (χ2v) is 12.0. The summed E-state index contributed by atoms with van der Waals surface area (Å²) in [6.45, 7) is 7.72. The number of ether oxygens (including phenoxy) is 1. The Labute approximate surface area is 120 Å². The normalized spacial score (nSPS) is 13.2. The maximum atomic E-state index is 12.2. The van der Waals surface area contributed by atoms with Crippen LogP contribution in [0.5, 0.6) is 5.75 Å². The average molecular weight is 285 g/mol. The fourth-order valence-corrected chi connectivity index (χ4v) is 3.15. The maximum Gasteiger partial charge on any atom is 0.263 e. The Morgan fingerprint density at radius 2 is 1.80 bits per heavy atom. The summed E-state index contributed by atoms with van der Waals surface area (Å²) in [7, 11) is -1.10. The number of carbonyl (C=O) groups excluding carboxylic acids is 1. The van der Waals surface area contributed by atoms with Crippen LogP contribution in [0.3, 0.4) is 0 Å². The standard InChI is InChI=1S/C16H19NO2Si/c1-20(2,3)11-10-19-14-8-9-17-15(14)12-6-4-5-7-13(12)16(17)18/h4-9H,10-11H2,1-3H3.